The van der Waals surface area contributed by atoms with Gasteiger partial charge in [-0.15, -0.1) is 0 Å². The van der Waals surface area contributed by atoms with Gasteiger partial charge >= 0.3 is 0 Å². The van der Waals surface area contributed by atoms with Gasteiger partial charge in [0.05, 0.1) is 17.2 Å². The van der Waals surface area contributed by atoms with E-state index in [0.29, 0.717) is 17.2 Å². The van der Waals surface area contributed by atoms with Gasteiger partial charge in [0.2, 0.25) is 5.88 Å². The predicted octanol–water partition coefficient (Wildman–Crippen LogP) is 6.08. The Labute approximate surface area is 170 Å². The maximum atomic E-state index is 12.3. The normalized spacial score (nSPS) is 11.0. The molecule has 0 aliphatic rings. The van der Waals surface area contributed by atoms with Crippen molar-refractivity contribution in [2.24, 2.45) is 0 Å². The molecule has 0 fully saturated rings. The molecule has 0 N–H and O–H groups in total. The molecule has 0 amide bonds. The van der Waals surface area contributed by atoms with Gasteiger partial charge in [-0.25, -0.2) is 9.97 Å². The van der Waals surface area contributed by atoms with Crippen molar-refractivity contribution in [1.82, 2.24) is 9.97 Å². The Hall–Kier alpha value is -3.31. The zero-order valence-electron chi connectivity index (χ0n) is 14.7. The molecule has 1 heterocycles. The van der Waals surface area contributed by atoms with E-state index in [4.69, 9.17) is 4.74 Å². The standard InChI is InChI=1S/C23H15BrN2O2/c24-18-10-5-16(6-11-18)7-14-22(27)17-8-12-19(13-9-17)28-23-15-25-20-3-1-2-4-21(20)26-23/h1-15H/b14-7+. The highest BCUT2D eigenvalue weighted by molar-refractivity contribution is 9.10. The second-order valence-corrected chi connectivity index (χ2v) is 6.99. The zero-order chi connectivity index (χ0) is 19.3. The number of rotatable bonds is 5. The van der Waals surface area contributed by atoms with Crippen LogP contribution in [-0.4, -0.2) is 15.8 Å². The number of hydrogen-bond acceptors (Lipinski definition) is 4. The molecule has 0 unspecified atom stereocenters. The summed E-state index contributed by atoms with van der Waals surface area (Å²) in [6.45, 7) is 0. The van der Waals surface area contributed by atoms with Crippen LogP contribution in [0.15, 0.2) is 89.5 Å². The number of halogens is 1. The summed E-state index contributed by atoms with van der Waals surface area (Å²) < 4.78 is 6.76. The lowest BCUT2D eigenvalue weighted by Gasteiger charge is -2.06. The first-order chi connectivity index (χ1) is 13.7. The summed E-state index contributed by atoms with van der Waals surface area (Å²) in [6, 6.07) is 22.3. The number of fused-ring (bicyclic) bond motifs is 1. The van der Waals surface area contributed by atoms with Crippen molar-refractivity contribution in [1.29, 1.82) is 0 Å². The summed E-state index contributed by atoms with van der Waals surface area (Å²) in [6.07, 6.45) is 4.94. The number of allylic oxidation sites excluding steroid dienone is 1. The summed E-state index contributed by atoms with van der Waals surface area (Å²) >= 11 is 3.39. The van der Waals surface area contributed by atoms with Crippen LogP contribution in [0.1, 0.15) is 15.9 Å². The van der Waals surface area contributed by atoms with E-state index in [1.54, 1.807) is 42.6 Å². The number of carbonyl (C=O) groups excluding carboxylic acids is 1. The van der Waals surface area contributed by atoms with E-state index in [2.05, 4.69) is 25.9 Å². The number of ketones is 1. The summed E-state index contributed by atoms with van der Waals surface area (Å²) in [5.41, 5.74) is 3.13. The number of carbonyl (C=O) groups is 1. The van der Waals surface area contributed by atoms with Gasteiger partial charge in [-0.1, -0.05) is 46.3 Å². The molecule has 0 spiro atoms. The van der Waals surface area contributed by atoms with Gasteiger partial charge < -0.3 is 4.74 Å². The lowest BCUT2D eigenvalue weighted by molar-refractivity contribution is 0.104. The number of hydrogen-bond donors (Lipinski definition) is 0. The Morgan fingerprint density at radius 3 is 2.36 bits per heavy atom. The van der Waals surface area contributed by atoms with Gasteiger partial charge in [0.25, 0.3) is 0 Å². The van der Waals surface area contributed by atoms with E-state index >= 15 is 0 Å². The zero-order valence-corrected chi connectivity index (χ0v) is 16.3. The van der Waals surface area contributed by atoms with Crippen LogP contribution >= 0.6 is 15.9 Å². The molecule has 0 radical (unpaired) electrons. The van der Waals surface area contributed by atoms with Crippen molar-refractivity contribution in [2.45, 2.75) is 0 Å². The number of ether oxygens (including phenoxy) is 1. The van der Waals surface area contributed by atoms with Crippen LogP contribution in [0.4, 0.5) is 0 Å². The first-order valence-electron chi connectivity index (χ1n) is 8.65. The molecule has 4 aromatic rings. The molecule has 0 aliphatic carbocycles. The molecule has 0 saturated carbocycles. The minimum Gasteiger partial charge on any atom is -0.437 e. The Kier molecular flexibility index (Phi) is 5.26. The molecule has 136 valence electrons. The van der Waals surface area contributed by atoms with Gasteiger partial charge in [-0.3, -0.25) is 4.79 Å². The summed E-state index contributed by atoms with van der Waals surface area (Å²) in [5.74, 6) is 0.936. The fourth-order valence-corrected chi connectivity index (χ4v) is 2.90. The summed E-state index contributed by atoms with van der Waals surface area (Å²) in [4.78, 5) is 21.1. The molecule has 5 heteroatoms. The Bertz CT molecular complexity index is 1150. The van der Waals surface area contributed by atoms with Crippen molar-refractivity contribution < 1.29 is 9.53 Å². The fraction of sp³-hybridized carbons (Fsp3) is 0. The number of benzene rings is 3. The van der Waals surface area contributed by atoms with Crippen LogP contribution in [0, 0.1) is 0 Å². The van der Waals surface area contributed by atoms with Crippen molar-refractivity contribution in [3.05, 3.63) is 101 Å². The molecular formula is C23H15BrN2O2. The number of nitrogens with zero attached hydrogens (tertiary/aromatic N) is 2. The largest absolute Gasteiger partial charge is 0.437 e. The minimum atomic E-state index is -0.0695. The molecule has 0 bridgehead atoms. The Morgan fingerprint density at radius 2 is 1.61 bits per heavy atom. The highest BCUT2D eigenvalue weighted by Gasteiger charge is 2.05. The van der Waals surface area contributed by atoms with Crippen LogP contribution in [0.25, 0.3) is 17.1 Å². The minimum absolute atomic E-state index is 0.0695. The molecule has 4 nitrogen and oxygen atoms in total. The summed E-state index contributed by atoms with van der Waals surface area (Å²) in [7, 11) is 0. The third-order valence-electron chi connectivity index (χ3n) is 4.08. The summed E-state index contributed by atoms with van der Waals surface area (Å²) in [5, 5.41) is 0. The van der Waals surface area contributed by atoms with E-state index in [0.717, 1.165) is 21.1 Å². The molecule has 4 rings (SSSR count). The van der Waals surface area contributed by atoms with Gasteiger partial charge in [-0.05, 0) is 60.2 Å². The van der Waals surface area contributed by atoms with Crippen LogP contribution in [0.2, 0.25) is 0 Å². The average molecular weight is 431 g/mol. The fourth-order valence-electron chi connectivity index (χ4n) is 2.64. The molecule has 0 aliphatic heterocycles. The lowest BCUT2D eigenvalue weighted by Crippen LogP contribution is -1.95. The molecular weight excluding hydrogens is 416 g/mol. The third kappa shape index (κ3) is 4.32. The smallest absolute Gasteiger partial charge is 0.238 e. The first kappa shape index (κ1) is 18.1. The van der Waals surface area contributed by atoms with Gasteiger partial charge in [0.1, 0.15) is 5.75 Å². The van der Waals surface area contributed by atoms with Crippen LogP contribution in [0.3, 0.4) is 0 Å². The van der Waals surface area contributed by atoms with Gasteiger partial charge in [0.15, 0.2) is 5.78 Å². The quantitative estimate of drug-likeness (QED) is 0.284. The number of para-hydroxylation sites is 2. The second-order valence-electron chi connectivity index (χ2n) is 6.07. The monoisotopic (exact) mass is 430 g/mol. The maximum absolute atomic E-state index is 12.3. The van der Waals surface area contributed by atoms with Gasteiger partial charge in [-0.2, -0.15) is 0 Å². The second kappa shape index (κ2) is 8.15. The SMILES string of the molecule is O=C(/C=C/c1ccc(Br)cc1)c1ccc(Oc2cnc3ccccc3n2)cc1. The van der Waals surface area contributed by atoms with Crippen LogP contribution < -0.4 is 4.74 Å². The van der Waals surface area contributed by atoms with E-state index in [1.165, 1.54) is 0 Å². The van der Waals surface area contributed by atoms with Crippen molar-refractivity contribution in [2.75, 3.05) is 0 Å². The highest BCUT2D eigenvalue weighted by Crippen LogP contribution is 2.21. The molecule has 1 aromatic heterocycles. The highest BCUT2D eigenvalue weighted by atomic mass is 79.9. The van der Waals surface area contributed by atoms with Gasteiger partial charge in [0, 0.05) is 10.0 Å². The van der Waals surface area contributed by atoms with E-state index in [9.17, 15) is 4.79 Å². The van der Waals surface area contributed by atoms with Crippen molar-refractivity contribution >= 4 is 38.8 Å². The van der Waals surface area contributed by atoms with E-state index < -0.39 is 0 Å². The first-order valence-corrected chi connectivity index (χ1v) is 9.44. The molecule has 0 atom stereocenters. The number of aromatic nitrogens is 2. The Morgan fingerprint density at radius 1 is 0.893 bits per heavy atom. The Balaban J connectivity index is 1.45. The third-order valence-corrected chi connectivity index (χ3v) is 4.61. The molecule has 0 saturated heterocycles. The lowest BCUT2D eigenvalue weighted by atomic mass is 10.1. The van der Waals surface area contributed by atoms with Crippen molar-refractivity contribution in [3.63, 3.8) is 0 Å². The maximum Gasteiger partial charge on any atom is 0.238 e. The topological polar surface area (TPSA) is 52.1 Å². The van der Waals surface area contributed by atoms with Crippen molar-refractivity contribution in [3.8, 4) is 11.6 Å². The van der Waals surface area contributed by atoms with E-state index in [-0.39, 0.29) is 5.78 Å². The average Bonchev–Trinajstić information content (AvgIpc) is 2.73. The van der Waals surface area contributed by atoms with Crippen LogP contribution in [-0.2, 0) is 0 Å². The van der Waals surface area contributed by atoms with Crippen LogP contribution in [0.5, 0.6) is 11.6 Å². The molecule has 28 heavy (non-hydrogen) atoms. The van der Waals surface area contributed by atoms with E-state index in [1.807, 2.05) is 48.5 Å². The predicted molar refractivity (Wildman–Crippen MR) is 114 cm³/mol. The molecule has 3 aromatic carbocycles.